The first-order chi connectivity index (χ1) is 10.8. The Labute approximate surface area is 144 Å². The van der Waals surface area contributed by atoms with Crippen molar-refractivity contribution in [2.45, 2.75) is 4.90 Å². The molecule has 0 spiro atoms. The fraction of sp³-hybridized carbons (Fsp3) is 0.133. The molecule has 0 atom stereocenters. The molecule has 0 saturated heterocycles. The minimum atomic E-state index is -3.26. The van der Waals surface area contributed by atoms with Gasteiger partial charge in [-0.25, -0.2) is 8.42 Å². The van der Waals surface area contributed by atoms with Crippen LogP contribution in [0.15, 0.2) is 47.4 Å². The highest BCUT2D eigenvalue weighted by Crippen LogP contribution is 2.25. The molecule has 0 unspecified atom stereocenters. The van der Waals surface area contributed by atoms with Crippen molar-refractivity contribution in [1.82, 2.24) is 0 Å². The van der Waals surface area contributed by atoms with Crippen LogP contribution in [0.5, 0.6) is 0 Å². The lowest BCUT2D eigenvalue weighted by molar-refractivity contribution is -0.114. The van der Waals surface area contributed by atoms with Crippen LogP contribution in [0, 0.1) is 0 Å². The highest BCUT2D eigenvalue weighted by atomic mass is 35.5. The zero-order valence-corrected chi connectivity index (χ0v) is 14.5. The quantitative estimate of drug-likeness (QED) is 0.842. The van der Waals surface area contributed by atoms with E-state index in [-0.39, 0.29) is 17.3 Å². The van der Waals surface area contributed by atoms with Crippen molar-refractivity contribution in [3.63, 3.8) is 0 Å². The third-order valence-corrected chi connectivity index (χ3v) is 4.63. The van der Waals surface area contributed by atoms with Crippen molar-refractivity contribution in [2.24, 2.45) is 0 Å². The van der Waals surface area contributed by atoms with Crippen molar-refractivity contribution < 1.29 is 13.2 Å². The van der Waals surface area contributed by atoms with E-state index in [4.69, 9.17) is 23.2 Å². The first-order valence-electron chi connectivity index (χ1n) is 6.54. The molecule has 0 heterocycles. The number of amides is 1. The smallest absolute Gasteiger partial charge is 0.243 e. The minimum absolute atomic E-state index is 0.00606. The predicted molar refractivity (Wildman–Crippen MR) is 93.1 cm³/mol. The number of anilines is 2. The highest BCUT2D eigenvalue weighted by molar-refractivity contribution is 7.90. The zero-order chi connectivity index (χ0) is 17.0. The molecule has 2 aromatic carbocycles. The molecule has 0 aliphatic heterocycles. The molecule has 0 aliphatic carbocycles. The Kier molecular flexibility index (Phi) is 5.51. The summed E-state index contributed by atoms with van der Waals surface area (Å²) in [6.45, 7) is -0.00606. The molecule has 1 amide bonds. The van der Waals surface area contributed by atoms with E-state index in [2.05, 4.69) is 10.6 Å². The number of halogens is 2. The molecule has 8 heteroatoms. The number of benzene rings is 2. The van der Waals surface area contributed by atoms with Crippen molar-refractivity contribution in [1.29, 1.82) is 0 Å². The van der Waals surface area contributed by atoms with Gasteiger partial charge in [-0.15, -0.1) is 0 Å². The van der Waals surface area contributed by atoms with E-state index in [0.29, 0.717) is 21.4 Å². The lowest BCUT2D eigenvalue weighted by Gasteiger charge is -2.10. The maximum absolute atomic E-state index is 11.9. The van der Waals surface area contributed by atoms with Gasteiger partial charge in [0.05, 0.1) is 22.2 Å². The summed E-state index contributed by atoms with van der Waals surface area (Å²) in [4.78, 5) is 12.1. The van der Waals surface area contributed by atoms with Crippen LogP contribution < -0.4 is 10.6 Å². The zero-order valence-electron chi connectivity index (χ0n) is 12.1. The van der Waals surface area contributed by atoms with Crippen molar-refractivity contribution in [2.75, 3.05) is 23.4 Å². The number of sulfone groups is 1. The van der Waals surface area contributed by atoms with Crippen LogP contribution >= 0.6 is 23.2 Å². The first kappa shape index (κ1) is 17.6. The van der Waals surface area contributed by atoms with Gasteiger partial charge in [-0.3, -0.25) is 4.79 Å². The molecule has 2 aromatic rings. The summed E-state index contributed by atoms with van der Waals surface area (Å²) >= 11 is 11.9. The SMILES string of the molecule is CS(=O)(=O)c1ccc(NC(=O)CNc2cc(Cl)ccc2Cl)cc1. The van der Waals surface area contributed by atoms with Gasteiger partial charge < -0.3 is 10.6 Å². The van der Waals surface area contributed by atoms with Crippen LogP contribution in [-0.4, -0.2) is 27.1 Å². The maximum atomic E-state index is 11.9. The number of carbonyl (C=O) groups is 1. The molecule has 5 nitrogen and oxygen atoms in total. The summed E-state index contributed by atoms with van der Waals surface area (Å²) in [5, 5.41) is 6.50. The normalized spacial score (nSPS) is 11.1. The van der Waals surface area contributed by atoms with Crippen LogP contribution in [0.3, 0.4) is 0 Å². The van der Waals surface area contributed by atoms with E-state index in [0.717, 1.165) is 6.26 Å². The summed E-state index contributed by atoms with van der Waals surface area (Å²) < 4.78 is 22.7. The fourth-order valence-corrected chi connectivity index (χ4v) is 2.79. The van der Waals surface area contributed by atoms with Crippen molar-refractivity contribution in [3.8, 4) is 0 Å². The van der Waals surface area contributed by atoms with E-state index in [9.17, 15) is 13.2 Å². The van der Waals surface area contributed by atoms with Gasteiger partial charge in [0.1, 0.15) is 0 Å². The first-order valence-corrected chi connectivity index (χ1v) is 9.19. The summed E-state index contributed by atoms with van der Waals surface area (Å²) in [5.74, 6) is -0.298. The number of rotatable bonds is 5. The van der Waals surface area contributed by atoms with Gasteiger partial charge >= 0.3 is 0 Å². The average Bonchev–Trinajstić information content (AvgIpc) is 2.48. The van der Waals surface area contributed by atoms with Crippen LogP contribution in [0.4, 0.5) is 11.4 Å². The van der Waals surface area contributed by atoms with Crippen molar-refractivity contribution in [3.05, 3.63) is 52.5 Å². The predicted octanol–water partition coefficient (Wildman–Crippen LogP) is 3.45. The van der Waals surface area contributed by atoms with Crippen LogP contribution in [0.25, 0.3) is 0 Å². The second kappa shape index (κ2) is 7.21. The van der Waals surface area contributed by atoms with Crippen LogP contribution in [0.2, 0.25) is 10.0 Å². The minimum Gasteiger partial charge on any atom is -0.375 e. The van der Waals surface area contributed by atoms with Crippen LogP contribution in [-0.2, 0) is 14.6 Å². The molecule has 0 radical (unpaired) electrons. The maximum Gasteiger partial charge on any atom is 0.243 e. The summed E-state index contributed by atoms with van der Waals surface area (Å²) in [6, 6.07) is 10.8. The Bertz CT molecular complexity index is 821. The van der Waals surface area contributed by atoms with Gasteiger partial charge in [0.25, 0.3) is 0 Å². The van der Waals surface area contributed by atoms with Gasteiger partial charge in [-0.05, 0) is 42.5 Å². The van der Waals surface area contributed by atoms with E-state index >= 15 is 0 Å². The average molecular weight is 373 g/mol. The molecular weight excluding hydrogens is 359 g/mol. The van der Waals surface area contributed by atoms with Gasteiger partial charge in [0.2, 0.25) is 5.91 Å². The summed E-state index contributed by atoms with van der Waals surface area (Å²) in [5.41, 5.74) is 1.06. The molecule has 0 fully saturated rings. The van der Waals surface area contributed by atoms with Gasteiger partial charge in [-0.1, -0.05) is 23.2 Å². The molecule has 0 aliphatic rings. The topological polar surface area (TPSA) is 75.3 Å². The van der Waals surface area contributed by atoms with E-state index in [1.807, 2.05) is 0 Å². The Morgan fingerprint density at radius 2 is 1.74 bits per heavy atom. The molecule has 2 rings (SSSR count). The monoisotopic (exact) mass is 372 g/mol. The fourth-order valence-electron chi connectivity index (χ4n) is 1.80. The van der Waals surface area contributed by atoms with Gasteiger partial charge in [0, 0.05) is 17.0 Å². The van der Waals surface area contributed by atoms with Gasteiger partial charge in [0.15, 0.2) is 9.84 Å². The summed E-state index contributed by atoms with van der Waals surface area (Å²) in [7, 11) is -3.26. The number of nitrogens with one attached hydrogen (secondary N) is 2. The Balaban J connectivity index is 1.96. The summed E-state index contributed by atoms with van der Waals surface area (Å²) in [6.07, 6.45) is 1.12. The molecule has 0 bridgehead atoms. The Morgan fingerprint density at radius 3 is 2.35 bits per heavy atom. The third kappa shape index (κ3) is 5.13. The number of hydrogen-bond donors (Lipinski definition) is 2. The number of carbonyl (C=O) groups excluding carboxylic acids is 1. The van der Waals surface area contributed by atoms with Crippen molar-refractivity contribution >= 4 is 50.3 Å². The standard InChI is InChI=1S/C15H14Cl2N2O3S/c1-23(21,22)12-5-3-11(4-6-12)19-15(20)9-18-14-8-10(16)2-7-13(14)17/h2-8,18H,9H2,1H3,(H,19,20). The molecule has 2 N–H and O–H groups in total. The highest BCUT2D eigenvalue weighted by Gasteiger charge is 2.08. The van der Waals surface area contributed by atoms with Crippen LogP contribution in [0.1, 0.15) is 0 Å². The lowest BCUT2D eigenvalue weighted by Crippen LogP contribution is -2.21. The van der Waals surface area contributed by atoms with E-state index < -0.39 is 9.84 Å². The molecular formula is C15H14Cl2N2O3S. The largest absolute Gasteiger partial charge is 0.375 e. The molecule has 122 valence electrons. The second-order valence-corrected chi connectivity index (χ2v) is 7.68. The molecule has 0 aromatic heterocycles. The Hall–Kier alpha value is -1.76. The second-order valence-electron chi connectivity index (χ2n) is 4.82. The molecule has 23 heavy (non-hydrogen) atoms. The van der Waals surface area contributed by atoms with Gasteiger partial charge in [-0.2, -0.15) is 0 Å². The van der Waals surface area contributed by atoms with E-state index in [1.165, 1.54) is 24.3 Å². The number of hydrogen-bond acceptors (Lipinski definition) is 4. The van der Waals surface area contributed by atoms with E-state index in [1.54, 1.807) is 18.2 Å². The molecule has 0 saturated carbocycles. The Morgan fingerprint density at radius 1 is 1.09 bits per heavy atom. The lowest BCUT2D eigenvalue weighted by atomic mass is 10.3. The third-order valence-electron chi connectivity index (χ3n) is 2.93.